The monoisotopic (exact) mass is 759 g/mol. The topological polar surface area (TPSA) is 29.5 Å². The Bertz CT molecular complexity index is 3530. The van der Waals surface area contributed by atoms with Crippen molar-refractivity contribution in [2.45, 2.75) is 28.4 Å². The number of thioether (sulfide) groups is 1. The minimum Gasteiger partial charge on any atom is -0.455 e. The van der Waals surface area contributed by atoms with Crippen molar-refractivity contribution in [2.75, 3.05) is 4.90 Å². The van der Waals surface area contributed by atoms with Crippen molar-refractivity contribution in [2.24, 2.45) is 0 Å². The number of benzene rings is 8. The number of nitrogens with zero attached hydrogens (tertiary/aromatic N) is 1. The molecule has 58 heavy (non-hydrogen) atoms. The second-order valence-corrected chi connectivity index (χ2v) is 17.5. The molecule has 0 amide bonds. The van der Waals surface area contributed by atoms with Crippen LogP contribution >= 0.6 is 11.8 Å². The van der Waals surface area contributed by atoms with Gasteiger partial charge in [-0.1, -0.05) is 133 Å². The van der Waals surface area contributed by atoms with Crippen LogP contribution in [0.25, 0.3) is 71.3 Å². The molecule has 2 aliphatic carbocycles. The zero-order chi connectivity index (χ0) is 37.9. The predicted molar refractivity (Wildman–Crippen MR) is 240 cm³/mol. The second kappa shape index (κ2) is 11.0. The highest BCUT2D eigenvalue weighted by atomic mass is 32.2. The van der Waals surface area contributed by atoms with Gasteiger partial charge in [-0.15, -0.1) is 11.8 Å². The van der Waals surface area contributed by atoms with Crippen LogP contribution in [0.4, 0.5) is 17.1 Å². The van der Waals surface area contributed by atoms with E-state index in [1.807, 2.05) is 11.8 Å². The van der Waals surface area contributed by atoms with Crippen molar-refractivity contribution >= 4 is 89.0 Å². The average Bonchev–Trinajstić information content (AvgIpc) is 4.03. The third-order valence-electron chi connectivity index (χ3n) is 13.6. The number of fused-ring (bicyclic) bond motifs is 19. The maximum atomic E-state index is 7.29. The number of rotatable bonds is 2. The fraction of sp³-hybridized carbons (Fsp3) is 0.0741. The van der Waals surface area contributed by atoms with Crippen LogP contribution in [0.15, 0.2) is 184 Å². The molecule has 3 nitrogen and oxygen atoms in total. The SMILES string of the molecule is CC12c3ccc4c(oc5ccccc54)c3N(c3ccccc3)c3cccc(c31)-c1c2c2ccccc2c2c1oc1cccc(C3=CC=CC4c5ccccc5SC34)c12. The highest BCUT2D eigenvalue weighted by molar-refractivity contribution is 8.00. The van der Waals surface area contributed by atoms with Crippen molar-refractivity contribution in [1.29, 1.82) is 0 Å². The van der Waals surface area contributed by atoms with Crippen molar-refractivity contribution in [3.05, 3.63) is 198 Å². The first kappa shape index (κ1) is 31.3. The van der Waals surface area contributed by atoms with Gasteiger partial charge in [0.2, 0.25) is 0 Å². The van der Waals surface area contributed by atoms with Gasteiger partial charge in [-0.25, -0.2) is 0 Å². The summed E-state index contributed by atoms with van der Waals surface area (Å²) in [4.78, 5) is 3.82. The summed E-state index contributed by atoms with van der Waals surface area (Å²) in [7, 11) is 0. The van der Waals surface area contributed by atoms with Crippen molar-refractivity contribution in [3.63, 3.8) is 0 Å². The normalized spacial score (nSPS) is 19.8. The second-order valence-electron chi connectivity index (χ2n) is 16.3. The molecule has 0 saturated carbocycles. The van der Waals surface area contributed by atoms with E-state index in [1.54, 1.807) is 0 Å². The molecule has 272 valence electrons. The number of allylic oxidation sites excluding steroid dienone is 3. The minimum atomic E-state index is -0.513. The molecule has 14 rings (SSSR count). The average molecular weight is 760 g/mol. The summed E-state index contributed by atoms with van der Waals surface area (Å²) >= 11 is 2.00. The first-order chi connectivity index (χ1) is 28.7. The Hall–Kier alpha value is -6.75. The van der Waals surface area contributed by atoms with Crippen LogP contribution in [-0.2, 0) is 5.41 Å². The molecule has 2 aromatic heterocycles. The number of hydrogen-bond donors (Lipinski definition) is 0. The molecular weight excluding hydrogens is 727 g/mol. The molecule has 3 atom stereocenters. The van der Waals surface area contributed by atoms with Crippen LogP contribution in [0, 0.1) is 0 Å². The maximum absolute atomic E-state index is 7.29. The summed E-state index contributed by atoms with van der Waals surface area (Å²) in [5.74, 6) is 0.342. The highest BCUT2D eigenvalue weighted by Gasteiger charge is 2.51. The minimum absolute atomic E-state index is 0.301. The Morgan fingerprint density at radius 1 is 0.586 bits per heavy atom. The Labute approximate surface area is 338 Å². The maximum Gasteiger partial charge on any atom is 0.159 e. The van der Waals surface area contributed by atoms with Crippen LogP contribution in [0.1, 0.15) is 40.7 Å². The van der Waals surface area contributed by atoms with Crippen molar-refractivity contribution in [3.8, 4) is 11.1 Å². The summed E-state index contributed by atoms with van der Waals surface area (Å²) in [6, 6.07) is 55.4. The van der Waals surface area contributed by atoms with Gasteiger partial charge >= 0.3 is 0 Å². The van der Waals surface area contributed by atoms with E-state index < -0.39 is 5.41 Å². The van der Waals surface area contributed by atoms with E-state index in [4.69, 9.17) is 8.83 Å². The van der Waals surface area contributed by atoms with E-state index in [0.29, 0.717) is 11.2 Å². The first-order valence-corrected chi connectivity index (χ1v) is 21.0. The predicted octanol–water partition coefficient (Wildman–Crippen LogP) is 15.0. The number of hydrogen-bond acceptors (Lipinski definition) is 4. The molecule has 4 heteroatoms. The molecule has 4 heterocycles. The molecule has 3 unspecified atom stereocenters. The summed E-state index contributed by atoms with van der Waals surface area (Å²) in [5, 5.41) is 7.43. The van der Waals surface area contributed by atoms with Gasteiger partial charge in [-0.2, -0.15) is 0 Å². The van der Waals surface area contributed by atoms with E-state index >= 15 is 0 Å². The van der Waals surface area contributed by atoms with Gasteiger partial charge in [0.25, 0.3) is 0 Å². The van der Waals surface area contributed by atoms with Crippen LogP contribution in [0.3, 0.4) is 0 Å². The molecule has 0 saturated heterocycles. The molecule has 0 spiro atoms. The fourth-order valence-electron chi connectivity index (χ4n) is 11.3. The summed E-state index contributed by atoms with van der Waals surface area (Å²) < 4.78 is 14.2. The smallest absolute Gasteiger partial charge is 0.159 e. The third-order valence-corrected chi connectivity index (χ3v) is 15.0. The van der Waals surface area contributed by atoms with Crippen LogP contribution in [-0.4, -0.2) is 5.25 Å². The van der Waals surface area contributed by atoms with Gasteiger partial charge in [-0.05, 0) is 93.0 Å². The van der Waals surface area contributed by atoms with Crippen LogP contribution in [0.5, 0.6) is 0 Å². The Morgan fingerprint density at radius 2 is 1.33 bits per heavy atom. The summed E-state index contributed by atoms with van der Waals surface area (Å²) in [6.45, 7) is 2.44. The van der Waals surface area contributed by atoms with Crippen molar-refractivity contribution < 1.29 is 8.83 Å². The van der Waals surface area contributed by atoms with E-state index in [2.05, 4.69) is 182 Å². The summed E-state index contributed by atoms with van der Waals surface area (Å²) in [6.07, 6.45) is 7.00. The largest absolute Gasteiger partial charge is 0.455 e. The zero-order valence-corrected chi connectivity index (χ0v) is 32.3. The highest BCUT2D eigenvalue weighted by Crippen LogP contribution is 2.66. The number of furan rings is 2. The van der Waals surface area contributed by atoms with Gasteiger partial charge in [0.1, 0.15) is 16.7 Å². The van der Waals surface area contributed by atoms with Gasteiger partial charge in [0.05, 0.1) is 11.4 Å². The molecule has 0 N–H and O–H groups in total. The van der Waals surface area contributed by atoms with E-state index in [1.165, 1.54) is 76.6 Å². The number of anilines is 3. The lowest BCUT2D eigenvalue weighted by Crippen LogP contribution is -2.32. The van der Waals surface area contributed by atoms with Gasteiger partial charge in [0.15, 0.2) is 5.58 Å². The van der Waals surface area contributed by atoms with Crippen LogP contribution in [0.2, 0.25) is 0 Å². The van der Waals surface area contributed by atoms with Gasteiger partial charge in [0, 0.05) is 54.3 Å². The zero-order valence-electron chi connectivity index (χ0n) is 31.5. The van der Waals surface area contributed by atoms with Crippen LogP contribution < -0.4 is 4.90 Å². The Balaban J connectivity index is 1.11. The lowest BCUT2D eigenvalue weighted by atomic mass is 9.69. The third kappa shape index (κ3) is 3.73. The molecular formula is C54H33NO2S. The number of para-hydroxylation sites is 2. The fourth-order valence-corrected chi connectivity index (χ4v) is 12.8. The molecule has 0 bridgehead atoms. The Kier molecular flexibility index (Phi) is 5.95. The lowest BCUT2D eigenvalue weighted by molar-refractivity contribution is 0.658. The van der Waals surface area contributed by atoms with Crippen molar-refractivity contribution in [1.82, 2.24) is 0 Å². The van der Waals surface area contributed by atoms with E-state index in [0.717, 1.165) is 44.5 Å². The first-order valence-electron chi connectivity index (χ1n) is 20.2. The lowest BCUT2D eigenvalue weighted by Gasteiger charge is -2.42. The van der Waals surface area contributed by atoms with Gasteiger partial charge < -0.3 is 13.7 Å². The Morgan fingerprint density at radius 3 is 2.24 bits per heavy atom. The summed E-state index contributed by atoms with van der Waals surface area (Å²) in [5.41, 5.74) is 16.8. The quantitative estimate of drug-likeness (QED) is 0.176. The van der Waals surface area contributed by atoms with Gasteiger partial charge in [-0.3, -0.25) is 0 Å². The molecule has 10 aromatic rings. The molecule has 0 radical (unpaired) electrons. The molecule has 4 aliphatic rings. The molecule has 8 aromatic carbocycles. The molecule has 0 fully saturated rings. The van der Waals surface area contributed by atoms with E-state index in [9.17, 15) is 0 Å². The molecule has 2 aliphatic heterocycles. The standard InChI is InChI=1S/C54H33NO2S/c1-54-40-29-28-36-31-16-7-9-25-42(31)56-51(36)50(40)55(30-14-3-2-4-15-30)41-24-12-23-39(48(41)54)47-49(54)35-19-6-5-18-33(35)46-45-34(20-13-26-43(45)57-52(46)47)38-22-11-21-37-32-17-8-10-27-44(32)58-53(37)38/h2-29,37,53H,1H3. The van der Waals surface area contributed by atoms with E-state index in [-0.39, 0.29) is 0 Å².